The Morgan fingerprint density at radius 2 is 1.84 bits per heavy atom. The molecule has 0 fully saturated rings. The average Bonchev–Trinajstić information content (AvgIpc) is 3.41. The number of hydrogen-bond donors (Lipinski definition) is 3. The Morgan fingerprint density at radius 3 is 2.51 bits per heavy atom. The number of nitrogens with one attached hydrogen (secondary N) is 1. The highest BCUT2D eigenvalue weighted by atomic mass is 35.5. The van der Waals surface area contributed by atoms with Crippen LogP contribution in [0, 0.1) is 0 Å². The summed E-state index contributed by atoms with van der Waals surface area (Å²) >= 11 is 12.4. The molecule has 3 aromatic carbocycles. The monoisotopic (exact) mass is 624 g/mol. The first-order chi connectivity index (χ1) is 20.7. The molecule has 2 amide bonds. The van der Waals surface area contributed by atoms with Crippen molar-refractivity contribution >= 4 is 41.3 Å². The maximum atomic E-state index is 13.9. The highest BCUT2D eigenvalue weighted by molar-refractivity contribution is 6.42. The largest absolute Gasteiger partial charge is 0.493 e. The van der Waals surface area contributed by atoms with Crippen molar-refractivity contribution in [1.82, 2.24) is 10.2 Å². The molecule has 224 valence electrons. The van der Waals surface area contributed by atoms with Crippen molar-refractivity contribution in [2.45, 2.75) is 37.1 Å². The molecule has 5 rings (SSSR count). The number of ether oxygens (including phenoxy) is 2. The van der Waals surface area contributed by atoms with E-state index >= 15 is 0 Å². The van der Waals surface area contributed by atoms with Gasteiger partial charge >= 0.3 is 0 Å². The molecule has 2 aliphatic rings. The van der Waals surface area contributed by atoms with Gasteiger partial charge in [0.2, 0.25) is 11.8 Å². The summed E-state index contributed by atoms with van der Waals surface area (Å²) in [6.07, 6.45) is -0.00141. The number of carbonyl (C=O) groups excluding carboxylic acids is 3. The van der Waals surface area contributed by atoms with Gasteiger partial charge in [0.1, 0.15) is 18.5 Å². The zero-order valence-corrected chi connectivity index (χ0v) is 24.7. The first kappa shape index (κ1) is 30.6. The fourth-order valence-corrected chi connectivity index (χ4v) is 5.95. The van der Waals surface area contributed by atoms with Crippen LogP contribution in [-0.4, -0.2) is 71.7 Å². The van der Waals surface area contributed by atoms with Crippen molar-refractivity contribution in [3.63, 3.8) is 0 Å². The van der Waals surface area contributed by atoms with Crippen molar-refractivity contribution in [2.75, 3.05) is 20.3 Å². The first-order valence-electron chi connectivity index (χ1n) is 13.7. The summed E-state index contributed by atoms with van der Waals surface area (Å²) in [5.41, 5.74) is 2.48. The predicted molar refractivity (Wildman–Crippen MR) is 161 cm³/mol. The average molecular weight is 626 g/mol. The summed E-state index contributed by atoms with van der Waals surface area (Å²) in [5.74, 6) is -0.999. The van der Waals surface area contributed by atoms with Crippen LogP contribution in [0.25, 0.3) is 0 Å². The summed E-state index contributed by atoms with van der Waals surface area (Å²) in [6.45, 7) is -0.240. The summed E-state index contributed by atoms with van der Waals surface area (Å²) in [4.78, 5) is 40.7. The van der Waals surface area contributed by atoms with E-state index in [-0.39, 0.29) is 43.3 Å². The van der Waals surface area contributed by atoms with E-state index in [1.807, 2.05) is 30.3 Å². The summed E-state index contributed by atoms with van der Waals surface area (Å²) in [6, 6.07) is 16.3. The van der Waals surface area contributed by atoms with Gasteiger partial charge in [-0.2, -0.15) is 0 Å². The Kier molecular flexibility index (Phi) is 9.37. The lowest BCUT2D eigenvalue weighted by atomic mass is 9.77. The molecule has 0 spiro atoms. The summed E-state index contributed by atoms with van der Waals surface area (Å²) in [5, 5.41) is 24.6. The topological polar surface area (TPSA) is 125 Å². The lowest BCUT2D eigenvalue weighted by Gasteiger charge is -2.41. The number of halogens is 2. The molecule has 0 aromatic heterocycles. The van der Waals surface area contributed by atoms with Crippen LogP contribution in [-0.2, 0) is 22.6 Å². The van der Waals surface area contributed by atoms with Crippen LogP contribution in [0.15, 0.2) is 72.3 Å². The molecule has 0 saturated heterocycles. The van der Waals surface area contributed by atoms with E-state index in [0.29, 0.717) is 38.8 Å². The molecule has 11 heteroatoms. The van der Waals surface area contributed by atoms with E-state index in [9.17, 15) is 24.6 Å². The molecular formula is C32H30Cl2N2O7. The number of aliphatic hydroxyl groups is 2. The predicted octanol–water partition coefficient (Wildman–Crippen LogP) is 3.71. The van der Waals surface area contributed by atoms with Gasteiger partial charge in [-0.1, -0.05) is 59.6 Å². The minimum atomic E-state index is -1.28. The van der Waals surface area contributed by atoms with Gasteiger partial charge in [-0.25, -0.2) is 0 Å². The van der Waals surface area contributed by atoms with Gasteiger partial charge in [0.15, 0.2) is 11.5 Å². The number of rotatable bonds is 10. The van der Waals surface area contributed by atoms with Crippen LogP contribution >= 0.6 is 23.2 Å². The number of aliphatic hydroxyl groups excluding tert-OH is 2. The Hall–Kier alpha value is -3.89. The summed E-state index contributed by atoms with van der Waals surface area (Å²) < 4.78 is 11.7. The van der Waals surface area contributed by atoms with Crippen LogP contribution in [0.3, 0.4) is 0 Å². The summed E-state index contributed by atoms with van der Waals surface area (Å²) in [7, 11) is 1.43. The lowest BCUT2D eigenvalue weighted by molar-refractivity contribution is -0.137. The third-order valence-corrected chi connectivity index (χ3v) is 8.37. The lowest BCUT2D eigenvalue weighted by Crippen LogP contribution is -2.55. The van der Waals surface area contributed by atoms with Gasteiger partial charge < -0.3 is 29.9 Å². The van der Waals surface area contributed by atoms with E-state index in [1.165, 1.54) is 18.1 Å². The van der Waals surface area contributed by atoms with Crippen molar-refractivity contribution in [3.05, 3.63) is 105 Å². The van der Waals surface area contributed by atoms with E-state index in [4.69, 9.17) is 32.7 Å². The number of amides is 2. The Morgan fingerprint density at radius 1 is 1.07 bits per heavy atom. The Balaban J connectivity index is 1.61. The van der Waals surface area contributed by atoms with Crippen molar-refractivity contribution in [3.8, 4) is 11.5 Å². The molecule has 1 heterocycles. The number of nitrogens with zero attached hydrogens (tertiary/aromatic N) is 1. The normalized spacial score (nSPS) is 20.3. The Labute approximate surface area is 258 Å². The number of hydrogen-bond acceptors (Lipinski definition) is 7. The van der Waals surface area contributed by atoms with Gasteiger partial charge in [0.25, 0.3) is 0 Å². The van der Waals surface area contributed by atoms with Gasteiger partial charge in [-0.05, 0) is 41.5 Å². The molecule has 9 nitrogen and oxygen atoms in total. The number of benzene rings is 3. The zero-order chi connectivity index (χ0) is 30.7. The number of fused-ring (bicyclic) bond motifs is 3. The van der Waals surface area contributed by atoms with Crippen molar-refractivity contribution < 1.29 is 34.1 Å². The molecular weight excluding hydrogens is 595 g/mol. The molecule has 0 bridgehead atoms. The van der Waals surface area contributed by atoms with Crippen LogP contribution in [0.4, 0.5) is 0 Å². The number of carbonyl (C=O) groups is 3. The minimum absolute atomic E-state index is 0.00782. The molecule has 1 aliphatic heterocycles. The quantitative estimate of drug-likeness (QED) is 0.294. The highest BCUT2D eigenvalue weighted by Crippen LogP contribution is 2.51. The van der Waals surface area contributed by atoms with Gasteiger partial charge in [-0.15, -0.1) is 0 Å². The van der Waals surface area contributed by atoms with Gasteiger partial charge in [0, 0.05) is 29.8 Å². The minimum Gasteiger partial charge on any atom is -0.493 e. The molecule has 4 atom stereocenters. The molecule has 1 aliphatic carbocycles. The zero-order valence-electron chi connectivity index (χ0n) is 23.2. The second-order valence-corrected chi connectivity index (χ2v) is 11.1. The van der Waals surface area contributed by atoms with Gasteiger partial charge in [-0.3, -0.25) is 14.4 Å². The van der Waals surface area contributed by atoms with E-state index < -0.39 is 30.1 Å². The van der Waals surface area contributed by atoms with Crippen LogP contribution in [0.2, 0.25) is 10.0 Å². The molecule has 43 heavy (non-hydrogen) atoms. The molecule has 4 unspecified atom stereocenters. The molecule has 0 radical (unpaired) electrons. The fourth-order valence-electron chi connectivity index (χ4n) is 5.63. The third-order valence-electron chi connectivity index (χ3n) is 7.63. The Bertz CT molecular complexity index is 1560. The van der Waals surface area contributed by atoms with Gasteiger partial charge in [0.05, 0.1) is 42.1 Å². The van der Waals surface area contributed by atoms with E-state index in [0.717, 1.165) is 5.56 Å². The standard InChI is InChI=1S/C32H30Cl2N2O7/c1-42-26-13-20(17-38)11-21-28-22(32(41)35-9-10-37)15-25(29(40)31(28)43-30(21)26)36(16-19-7-8-23(33)24(34)12-19)27(39)14-18-5-3-2-4-6-18/h2-8,11-13,15,17,25,28-29,31,37,40H,9-10,14,16H2,1H3,(H,35,41). The molecule has 3 N–H and O–H groups in total. The van der Waals surface area contributed by atoms with Crippen LogP contribution in [0.1, 0.15) is 33.0 Å². The number of aldehydes is 1. The fraction of sp³-hybridized carbons (Fsp3) is 0.281. The first-order valence-corrected chi connectivity index (χ1v) is 14.4. The maximum absolute atomic E-state index is 13.9. The second kappa shape index (κ2) is 13.2. The van der Waals surface area contributed by atoms with Crippen LogP contribution < -0.4 is 14.8 Å². The molecule has 0 saturated carbocycles. The number of methoxy groups -OCH3 is 1. The van der Waals surface area contributed by atoms with Crippen molar-refractivity contribution in [2.24, 2.45) is 0 Å². The van der Waals surface area contributed by atoms with E-state index in [2.05, 4.69) is 5.32 Å². The highest BCUT2D eigenvalue weighted by Gasteiger charge is 2.51. The van der Waals surface area contributed by atoms with E-state index in [1.54, 1.807) is 30.3 Å². The smallest absolute Gasteiger partial charge is 0.247 e. The second-order valence-electron chi connectivity index (χ2n) is 10.3. The molecule has 3 aromatic rings. The van der Waals surface area contributed by atoms with Crippen LogP contribution in [0.5, 0.6) is 11.5 Å². The van der Waals surface area contributed by atoms with Crippen molar-refractivity contribution in [1.29, 1.82) is 0 Å². The third kappa shape index (κ3) is 6.26. The maximum Gasteiger partial charge on any atom is 0.247 e. The SMILES string of the molecule is COc1cc(C=O)cc2c1OC1C2C(C(=O)NCCO)=CC(N(Cc2ccc(Cl)c(Cl)c2)C(=O)Cc2ccccc2)C1O.